The van der Waals surface area contributed by atoms with E-state index in [0.717, 1.165) is 38.5 Å². The number of hydrogen-bond acceptors (Lipinski definition) is 5. The van der Waals surface area contributed by atoms with Gasteiger partial charge in [-0.1, -0.05) is 34.9 Å². The van der Waals surface area contributed by atoms with E-state index < -0.39 is 23.4 Å². The Morgan fingerprint density at radius 2 is 1.13 bits per heavy atom. The van der Waals surface area contributed by atoms with Gasteiger partial charge in [0.2, 0.25) is 0 Å². The molecule has 0 amide bonds. The molecule has 5 N–H and O–H groups in total. The minimum atomic E-state index is -1.24. The highest BCUT2D eigenvalue weighted by Gasteiger charge is 2.29. The Labute approximate surface area is 190 Å². The van der Waals surface area contributed by atoms with Crippen molar-refractivity contribution in [2.24, 2.45) is 0 Å². The first kappa shape index (κ1) is 30.0. The average molecular weight is 441 g/mol. The molecular formula is C26H48O5. The van der Waals surface area contributed by atoms with Gasteiger partial charge >= 0.3 is 0 Å². The molecule has 3 unspecified atom stereocenters. The smallest absolute Gasteiger partial charge is 0.0899 e. The quantitative estimate of drug-likeness (QED) is 0.179. The van der Waals surface area contributed by atoms with Crippen molar-refractivity contribution in [3.63, 3.8) is 0 Å². The van der Waals surface area contributed by atoms with Gasteiger partial charge in [0.25, 0.3) is 0 Å². The standard InChI is InChI=1S/C26H48O5/c1-20(12-9-13-22(3)14-16-23(28)25(4,5)30)10-7-8-11-21(2)15-17-24(29)26(6,31)18-19-27/h10-11,13,23-24,27-31H,7-9,12,14-19H2,1-6H3. The van der Waals surface area contributed by atoms with Gasteiger partial charge in [-0.2, -0.15) is 0 Å². The topological polar surface area (TPSA) is 101 Å². The third-order valence-corrected chi connectivity index (χ3v) is 5.96. The lowest BCUT2D eigenvalue weighted by atomic mass is 9.91. The van der Waals surface area contributed by atoms with Gasteiger partial charge in [-0.05, 0) is 92.9 Å². The summed E-state index contributed by atoms with van der Waals surface area (Å²) >= 11 is 0. The number of rotatable bonds is 16. The van der Waals surface area contributed by atoms with E-state index in [4.69, 9.17) is 5.11 Å². The summed E-state index contributed by atoms with van der Waals surface area (Å²) < 4.78 is 0. The summed E-state index contributed by atoms with van der Waals surface area (Å²) in [5.41, 5.74) is 1.52. The lowest BCUT2D eigenvalue weighted by Gasteiger charge is -2.28. The van der Waals surface area contributed by atoms with Crippen LogP contribution in [0.5, 0.6) is 0 Å². The van der Waals surface area contributed by atoms with Crippen molar-refractivity contribution in [1.82, 2.24) is 0 Å². The van der Waals surface area contributed by atoms with Crippen LogP contribution in [0, 0.1) is 0 Å². The van der Waals surface area contributed by atoms with Crippen molar-refractivity contribution in [2.75, 3.05) is 6.61 Å². The van der Waals surface area contributed by atoms with Crippen molar-refractivity contribution < 1.29 is 25.5 Å². The van der Waals surface area contributed by atoms with E-state index in [9.17, 15) is 20.4 Å². The second-order valence-electron chi connectivity index (χ2n) is 9.86. The summed E-state index contributed by atoms with van der Waals surface area (Å²) in [6.07, 6.45) is 11.8. The summed E-state index contributed by atoms with van der Waals surface area (Å²) in [6, 6.07) is 0. The molecule has 5 nitrogen and oxygen atoms in total. The molecule has 31 heavy (non-hydrogen) atoms. The van der Waals surface area contributed by atoms with Crippen LogP contribution in [0.4, 0.5) is 0 Å². The lowest BCUT2D eigenvalue weighted by Crippen LogP contribution is -2.40. The normalized spacial score (nSPS) is 18.1. The van der Waals surface area contributed by atoms with Crippen LogP contribution < -0.4 is 0 Å². The molecule has 0 heterocycles. The van der Waals surface area contributed by atoms with Gasteiger partial charge in [0.1, 0.15) is 0 Å². The molecule has 0 spiro atoms. The third kappa shape index (κ3) is 14.7. The molecule has 0 saturated carbocycles. The molecule has 5 heteroatoms. The second kappa shape index (κ2) is 15.0. The first-order valence-corrected chi connectivity index (χ1v) is 11.7. The van der Waals surface area contributed by atoms with Gasteiger partial charge in [-0.15, -0.1) is 0 Å². The Kier molecular flexibility index (Phi) is 14.5. The molecule has 182 valence electrons. The SMILES string of the molecule is CC(=CCCC=C(C)CCC(O)C(C)(O)CCO)CCC=C(C)CCC(O)C(C)(C)O. The molecule has 0 aliphatic rings. The Morgan fingerprint density at radius 1 is 0.710 bits per heavy atom. The molecule has 0 fully saturated rings. The van der Waals surface area contributed by atoms with Crippen LogP contribution in [0.25, 0.3) is 0 Å². The van der Waals surface area contributed by atoms with E-state index >= 15 is 0 Å². The van der Waals surface area contributed by atoms with E-state index in [1.807, 2.05) is 6.92 Å². The van der Waals surface area contributed by atoms with Gasteiger partial charge in [-0.25, -0.2) is 0 Å². The summed E-state index contributed by atoms with van der Waals surface area (Å²) in [7, 11) is 0. The maximum Gasteiger partial charge on any atom is 0.0899 e. The van der Waals surface area contributed by atoms with Crippen LogP contribution in [-0.4, -0.2) is 55.5 Å². The highest BCUT2D eigenvalue weighted by Crippen LogP contribution is 2.21. The lowest BCUT2D eigenvalue weighted by molar-refractivity contribution is -0.0768. The van der Waals surface area contributed by atoms with Gasteiger partial charge in [0.05, 0.1) is 23.4 Å². The number of hydrogen-bond donors (Lipinski definition) is 5. The molecule has 0 aromatic carbocycles. The van der Waals surface area contributed by atoms with Crippen molar-refractivity contribution in [3.8, 4) is 0 Å². The van der Waals surface area contributed by atoms with Crippen molar-refractivity contribution >= 4 is 0 Å². The monoisotopic (exact) mass is 440 g/mol. The Morgan fingerprint density at radius 3 is 1.58 bits per heavy atom. The fourth-order valence-electron chi connectivity index (χ4n) is 3.30. The number of unbranched alkanes of at least 4 members (excludes halogenated alkanes) is 1. The van der Waals surface area contributed by atoms with Crippen LogP contribution in [0.3, 0.4) is 0 Å². The zero-order chi connectivity index (χ0) is 24.1. The molecule has 3 atom stereocenters. The highest BCUT2D eigenvalue weighted by atomic mass is 16.3. The maximum atomic E-state index is 10.1. The molecule has 0 bridgehead atoms. The van der Waals surface area contributed by atoms with Gasteiger partial charge in [0.15, 0.2) is 0 Å². The maximum absolute atomic E-state index is 10.1. The van der Waals surface area contributed by atoms with E-state index in [0.29, 0.717) is 12.8 Å². The third-order valence-electron chi connectivity index (χ3n) is 5.96. The van der Waals surface area contributed by atoms with Crippen molar-refractivity contribution in [2.45, 2.75) is 123 Å². The summed E-state index contributed by atoms with van der Waals surface area (Å²) in [5, 5.41) is 48.8. The van der Waals surface area contributed by atoms with Crippen LogP contribution in [0.2, 0.25) is 0 Å². The molecule has 0 aliphatic carbocycles. The fraction of sp³-hybridized carbons (Fsp3) is 0.769. The van der Waals surface area contributed by atoms with Crippen LogP contribution in [-0.2, 0) is 0 Å². The second-order valence-corrected chi connectivity index (χ2v) is 9.86. The average Bonchev–Trinajstić information content (AvgIpc) is 2.66. The van der Waals surface area contributed by atoms with E-state index in [1.54, 1.807) is 20.8 Å². The van der Waals surface area contributed by atoms with E-state index in [2.05, 4.69) is 32.1 Å². The molecule has 0 radical (unpaired) electrons. The molecular weight excluding hydrogens is 392 g/mol. The Bertz CT molecular complexity index is 581. The van der Waals surface area contributed by atoms with Crippen LogP contribution >= 0.6 is 0 Å². The number of aliphatic hydroxyl groups is 5. The van der Waals surface area contributed by atoms with E-state index in [1.165, 1.54) is 16.7 Å². The van der Waals surface area contributed by atoms with Gasteiger partial charge in [-0.3, -0.25) is 0 Å². The van der Waals surface area contributed by atoms with Gasteiger partial charge < -0.3 is 25.5 Å². The number of allylic oxidation sites excluding steroid dienone is 6. The first-order chi connectivity index (χ1) is 14.3. The largest absolute Gasteiger partial charge is 0.396 e. The van der Waals surface area contributed by atoms with Gasteiger partial charge in [0, 0.05) is 13.0 Å². The Hall–Kier alpha value is -0.980. The molecule has 0 saturated heterocycles. The van der Waals surface area contributed by atoms with Crippen LogP contribution in [0.15, 0.2) is 34.9 Å². The highest BCUT2D eigenvalue weighted by molar-refractivity contribution is 5.06. The van der Waals surface area contributed by atoms with Crippen LogP contribution in [0.1, 0.15) is 99.3 Å². The molecule has 0 aromatic rings. The minimum absolute atomic E-state index is 0.134. The van der Waals surface area contributed by atoms with Crippen molar-refractivity contribution in [3.05, 3.63) is 34.9 Å². The Balaban J connectivity index is 4.19. The van der Waals surface area contributed by atoms with E-state index in [-0.39, 0.29) is 13.0 Å². The predicted octanol–water partition coefficient (Wildman–Crippen LogP) is 4.57. The summed E-state index contributed by atoms with van der Waals surface area (Å²) in [4.78, 5) is 0. The molecule has 0 aliphatic heterocycles. The molecule has 0 rings (SSSR count). The van der Waals surface area contributed by atoms with Crippen molar-refractivity contribution in [1.29, 1.82) is 0 Å². The first-order valence-electron chi connectivity index (χ1n) is 11.7. The zero-order valence-electron chi connectivity index (χ0n) is 20.7. The number of aliphatic hydroxyl groups excluding tert-OH is 3. The predicted molar refractivity (Wildman–Crippen MR) is 129 cm³/mol. The summed E-state index contributed by atoms with van der Waals surface area (Å²) in [5.74, 6) is 0. The fourth-order valence-corrected chi connectivity index (χ4v) is 3.30. The minimum Gasteiger partial charge on any atom is -0.396 e. The zero-order valence-corrected chi connectivity index (χ0v) is 20.7. The summed E-state index contributed by atoms with van der Waals surface area (Å²) in [6.45, 7) is 11.0. The molecule has 0 aromatic heterocycles.